The molecule has 0 aromatic heterocycles. The first-order chi connectivity index (χ1) is 18.5. The van der Waals surface area contributed by atoms with Gasteiger partial charge < -0.3 is 33.5 Å². The number of carbonyl (C=O) groups is 2. The molecule has 0 saturated carbocycles. The zero-order valence-corrected chi connectivity index (χ0v) is 20.9. The van der Waals surface area contributed by atoms with Crippen molar-refractivity contribution in [3.05, 3.63) is 77.4 Å². The number of rotatable bonds is 8. The van der Waals surface area contributed by atoms with Gasteiger partial charge in [0.1, 0.15) is 17.9 Å². The van der Waals surface area contributed by atoms with Crippen LogP contribution >= 0.6 is 0 Å². The molecule has 0 fully saturated rings. The van der Waals surface area contributed by atoms with E-state index >= 15 is 0 Å². The van der Waals surface area contributed by atoms with Gasteiger partial charge in [-0.3, -0.25) is 0 Å². The van der Waals surface area contributed by atoms with E-state index in [-0.39, 0.29) is 35.8 Å². The first-order valence-corrected chi connectivity index (χ1v) is 11.6. The second-order valence-electron chi connectivity index (χ2n) is 8.32. The minimum atomic E-state index is -1.35. The lowest BCUT2D eigenvalue weighted by atomic mass is 9.87. The number of benzene rings is 4. The lowest BCUT2D eigenvalue weighted by Crippen LogP contribution is -2.15. The van der Waals surface area contributed by atoms with E-state index in [0.29, 0.717) is 39.3 Å². The summed E-state index contributed by atoms with van der Waals surface area (Å²) in [6.45, 7) is 0.0369. The Balaban J connectivity index is 1.89. The van der Waals surface area contributed by atoms with Crippen LogP contribution in [0.4, 0.5) is 0 Å². The Kier molecular flexibility index (Phi) is 6.66. The zero-order valence-electron chi connectivity index (χ0n) is 20.9. The highest BCUT2D eigenvalue weighted by atomic mass is 16.7. The molecule has 9 heteroatoms. The van der Waals surface area contributed by atoms with Crippen LogP contribution in [0.5, 0.6) is 28.7 Å². The van der Waals surface area contributed by atoms with Gasteiger partial charge in [-0.15, -0.1) is 0 Å². The summed E-state index contributed by atoms with van der Waals surface area (Å²) in [5, 5.41) is 11.3. The van der Waals surface area contributed by atoms with Gasteiger partial charge in [0.2, 0.25) is 6.79 Å². The third-order valence-electron chi connectivity index (χ3n) is 6.26. The number of carboxylic acid groups (broad SMARTS) is 1. The first kappa shape index (κ1) is 24.8. The molecule has 4 aromatic carbocycles. The number of methoxy groups -OCH3 is 3. The summed E-state index contributed by atoms with van der Waals surface area (Å²) >= 11 is 0. The molecule has 1 N–H and O–H groups in total. The number of hydrogen-bond donors (Lipinski definition) is 1. The highest BCUT2D eigenvalue weighted by Crippen LogP contribution is 2.51. The van der Waals surface area contributed by atoms with E-state index in [9.17, 15) is 14.7 Å². The third-order valence-corrected chi connectivity index (χ3v) is 6.26. The number of carboxylic acids is 1. The SMILES string of the molecule is COC(=O)c1c(C(=O)O)c(OCc2ccccc2)c2ccc3c(c2c1-c1ccc(OC)c(OC)c1)OCO3. The summed E-state index contributed by atoms with van der Waals surface area (Å²) in [6.07, 6.45) is 0. The average molecular weight is 517 g/mol. The number of fused-ring (bicyclic) bond motifs is 3. The van der Waals surface area contributed by atoms with Crippen molar-refractivity contribution in [3.63, 3.8) is 0 Å². The Morgan fingerprint density at radius 1 is 0.895 bits per heavy atom. The van der Waals surface area contributed by atoms with Crippen LogP contribution in [-0.4, -0.2) is 45.2 Å². The predicted octanol–water partition coefficient (Wildman–Crippen LogP) is 5.32. The van der Waals surface area contributed by atoms with Crippen LogP contribution < -0.4 is 23.7 Å². The molecule has 5 rings (SSSR count). The summed E-state index contributed by atoms with van der Waals surface area (Å²) in [7, 11) is 4.18. The Morgan fingerprint density at radius 2 is 1.66 bits per heavy atom. The smallest absolute Gasteiger partial charge is 0.340 e. The molecular formula is C29H24O9. The van der Waals surface area contributed by atoms with Crippen molar-refractivity contribution in [2.24, 2.45) is 0 Å². The maximum atomic E-state index is 13.3. The summed E-state index contributed by atoms with van der Waals surface area (Å²) in [4.78, 5) is 26.1. The molecule has 4 aromatic rings. The molecule has 1 aliphatic heterocycles. The lowest BCUT2D eigenvalue weighted by Gasteiger charge is -2.21. The Labute approximate surface area is 218 Å². The minimum Gasteiger partial charge on any atom is -0.493 e. The summed E-state index contributed by atoms with van der Waals surface area (Å²) in [5.74, 6) is -0.526. The van der Waals surface area contributed by atoms with E-state index in [1.54, 1.807) is 30.3 Å². The molecule has 0 atom stereocenters. The summed E-state index contributed by atoms with van der Waals surface area (Å²) < 4.78 is 33.5. The Hall–Kier alpha value is -4.92. The van der Waals surface area contributed by atoms with Crippen molar-refractivity contribution in [1.29, 1.82) is 0 Å². The molecule has 38 heavy (non-hydrogen) atoms. The van der Waals surface area contributed by atoms with Gasteiger partial charge in [0.15, 0.2) is 23.0 Å². The molecule has 0 bridgehead atoms. The highest BCUT2D eigenvalue weighted by molar-refractivity contribution is 6.20. The van der Waals surface area contributed by atoms with Gasteiger partial charge in [0, 0.05) is 16.3 Å². The Bertz CT molecular complexity index is 1540. The molecule has 0 unspecified atom stereocenters. The molecule has 9 nitrogen and oxygen atoms in total. The fourth-order valence-electron chi connectivity index (χ4n) is 4.58. The first-order valence-electron chi connectivity index (χ1n) is 11.6. The fourth-order valence-corrected chi connectivity index (χ4v) is 4.58. The number of hydrogen-bond acceptors (Lipinski definition) is 8. The molecule has 0 spiro atoms. The second-order valence-corrected chi connectivity index (χ2v) is 8.32. The van der Waals surface area contributed by atoms with E-state index < -0.39 is 11.9 Å². The molecule has 0 saturated heterocycles. The molecule has 1 heterocycles. The van der Waals surface area contributed by atoms with Crippen LogP contribution in [0.3, 0.4) is 0 Å². The second kappa shape index (κ2) is 10.2. The van der Waals surface area contributed by atoms with Crippen LogP contribution in [-0.2, 0) is 11.3 Å². The van der Waals surface area contributed by atoms with Gasteiger partial charge >= 0.3 is 11.9 Å². The van der Waals surface area contributed by atoms with Crippen molar-refractivity contribution in [3.8, 4) is 39.9 Å². The van der Waals surface area contributed by atoms with Crippen LogP contribution in [0.1, 0.15) is 26.3 Å². The van der Waals surface area contributed by atoms with E-state index in [0.717, 1.165) is 5.56 Å². The predicted molar refractivity (Wildman–Crippen MR) is 138 cm³/mol. The van der Waals surface area contributed by atoms with Gasteiger partial charge in [0.05, 0.1) is 26.9 Å². The largest absolute Gasteiger partial charge is 0.493 e. The number of aromatic carboxylic acids is 1. The maximum absolute atomic E-state index is 13.3. The maximum Gasteiger partial charge on any atom is 0.340 e. The van der Waals surface area contributed by atoms with E-state index in [4.69, 9.17) is 28.4 Å². The van der Waals surface area contributed by atoms with Crippen molar-refractivity contribution in [1.82, 2.24) is 0 Å². The topological polar surface area (TPSA) is 110 Å². The van der Waals surface area contributed by atoms with Gasteiger partial charge in [-0.25, -0.2) is 9.59 Å². The van der Waals surface area contributed by atoms with E-state index in [2.05, 4.69) is 0 Å². The van der Waals surface area contributed by atoms with Gasteiger partial charge in [-0.1, -0.05) is 36.4 Å². The number of carbonyl (C=O) groups excluding carboxylic acids is 1. The molecule has 0 amide bonds. The van der Waals surface area contributed by atoms with E-state index in [1.807, 2.05) is 30.3 Å². The van der Waals surface area contributed by atoms with Crippen LogP contribution in [0, 0.1) is 0 Å². The lowest BCUT2D eigenvalue weighted by molar-refractivity contribution is 0.0581. The molecule has 0 aliphatic carbocycles. The quantitative estimate of drug-likeness (QED) is 0.311. The normalized spacial score (nSPS) is 11.8. The molecular weight excluding hydrogens is 492 g/mol. The summed E-state index contributed by atoms with van der Waals surface area (Å²) in [5.41, 5.74) is 1.06. The summed E-state index contributed by atoms with van der Waals surface area (Å²) in [6, 6.07) is 17.7. The molecule has 0 radical (unpaired) electrons. The number of esters is 1. The van der Waals surface area contributed by atoms with Gasteiger partial charge in [0.25, 0.3) is 0 Å². The zero-order chi connectivity index (χ0) is 26.8. The van der Waals surface area contributed by atoms with Crippen LogP contribution in [0.15, 0.2) is 60.7 Å². The van der Waals surface area contributed by atoms with Crippen LogP contribution in [0.2, 0.25) is 0 Å². The monoisotopic (exact) mass is 516 g/mol. The van der Waals surface area contributed by atoms with Crippen molar-refractivity contribution >= 4 is 22.7 Å². The van der Waals surface area contributed by atoms with Crippen molar-refractivity contribution in [2.75, 3.05) is 28.1 Å². The average Bonchev–Trinajstić information content (AvgIpc) is 3.44. The number of ether oxygens (including phenoxy) is 6. The highest BCUT2D eigenvalue weighted by Gasteiger charge is 2.34. The van der Waals surface area contributed by atoms with E-state index in [1.165, 1.54) is 21.3 Å². The van der Waals surface area contributed by atoms with Crippen molar-refractivity contribution in [2.45, 2.75) is 6.61 Å². The molecule has 1 aliphatic rings. The Morgan fingerprint density at radius 3 is 2.34 bits per heavy atom. The standard InChI is InChI=1S/C29H24O9/c1-33-19-11-9-17(13-21(19)34-2)22-23-18(10-12-20-27(23)38-15-37-20)26(36-14-16-7-5-4-6-8-16)25(28(30)31)24(22)29(32)35-3/h4-13H,14-15H2,1-3H3,(H,30,31). The third kappa shape index (κ3) is 4.17. The van der Waals surface area contributed by atoms with Gasteiger partial charge in [-0.05, 0) is 35.4 Å². The minimum absolute atomic E-state index is 0.0132. The fraction of sp³-hybridized carbons (Fsp3) is 0.172. The van der Waals surface area contributed by atoms with Crippen LogP contribution in [0.25, 0.3) is 21.9 Å². The van der Waals surface area contributed by atoms with Gasteiger partial charge in [-0.2, -0.15) is 0 Å². The molecule has 194 valence electrons. The van der Waals surface area contributed by atoms with Crippen molar-refractivity contribution < 1.29 is 43.1 Å².